The van der Waals surface area contributed by atoms with Gasteiger partial charge in [-0.3, -0.25) is 0 Å². The lowest BCUT2D eigenvalue weighted by molar-refractivity contribution is 0.0789. The van der Waals surface area contributed by atoms with Crippen molar-refractivity contribution in [2.75, 3.05) is 19.8 Å². The number of hydrogen-bond acceptors (Lipinski definition) is 5. The monoisotopic (exact) mass is 305 g/mol. The summed E-state index contributed by atoms with van der Waals surface area (Å²) >= 11 is 0. The molecule has 1 N–H and O–H groups in total. The fraction of sp³-hybridized carbons (Fsp3) is 0.375. The summed E-state index contributed by atoms with van der Waals surface area (Å²) in [6.07, 6.45) is -1.54. The van der Waals surface area contributed by atoms with Crippen LogP contribution in [0.25, 0.3) is 0 Å². The zero-order chi connectivity index (χ0) is 16.4. The molecule has 0 aliphatic rings. The highest BCUT2D eigenvalue weighted by Gasteiger charge is 2.24. The van der Waals surface area contributed by atoms with E-state index in [9.17, 15) is 9.59 Å². The summed E-state index contributed by atoms with van der Waals surface area (Å²) in [6, 6.07) is 7.04. The van der Waals surface area contributed by atoms with E-state index in [1.54, 1.807) is 38.1 Å². The predicted molar refractivity (Wildman–Crippen MR) is 80.0 cm³/mol. The van der Waals surface area contributed by atoms with E-state index in [2.05, 4.69) is 11.8 Å². The van der Waals surface area contributed by atoms with E-state index >= 15 is 0 Å². The maximum Gasteiger partial charge on any atom is 0.419 e. The van der Waals surface area contributed by atoms with Crippen LogP contribution in [-0.2, 0) is 16.0 Å². The fourth-order valence-electron chi connectivity index (χ4n) is 1.69. The topological polar surface area (TPSA) is 76.1 Å². The minimum absolute atomic E-state index is 0.0199. The average molecular weight is 305 g/mol. The van der Waals surface area contributed by atoms with Gasteiger partial charge >= 0.3 is 12.2 Å². The first-order chi connectivity index (χ1) is 10.6. The van der Waals surface area contributed by atoms with Crippen LogP contribution in [0.15, 0.2) is 24.3 Å². The lowest BCUT2D eigenvalue weighted by Gasteiger charge is -2.20. The van der Waals surface area contributed by atoms with Crippen molar-refractivity contribution < 1.29 is 24.2 Å². The van der Waals surface area contributed by atoms with Crippen molar-refractivity contribution in [3.8, 4) is 11.8 Å². The highest BCUT2D eigenvalue weighted by Crippen LogP contribution is 2.13. The van der Waals surface area contributed by atoms with Gasteiger partial charge in [-0.2, -0.15) is 0 Å². The van der Waals surface area contributed by atoms with E-state index in [-0.39, 0.29) is 26.4 Å². The Morgan fingerprint density at radius 2 is 1.73 bits per heavy atom. The molecule has 0 saturated carbocycles. The standard InChI is InChI=1S/C16H19NO5/c1-3-21-15(19)17(16(20)22-4-2)12-14-9-6-5-8-13(14)10-7-11-18/h5-6,8-9,18H,3-4,11-12H2,1-2H3. The lowest BCUT2D eigenvalue weighted by atomic mass is 10.1. The number of carbonyl (C=O) groups is 2. The maximum atomic E-state index is 11.9. The first-order valence-corrected chi connectivity index (χ1v) is 6.92. The molecule has 0 heterocycles. The average Bonchev–Trinajstić information content (AvgIpc) is 2.51. The van der Waals surface area contributed by atoms with E-state index in [1.165, 1.54) is 0 Å². The van der Waals surface area contributed by atoms with E-state index in [0.717, 1.165) is 4.90 Å². The summed E-state index contributed by atoms with van der Waals surface area (Å²) in [5.41, 5.74) is 1.28. The van der Waals surface area contributed by atoms with Crippen LogP contribution in [0.1, 0.15) is 25.0 Å². The van der Waals surface area contributed by atoms with Crippen molar-refractivity contribution in [1.82, 2.24) is 4.90 Å². The molecule has 0 bridgehead atoms. The van der Waals surface area contributed by atoms with Gasteiger partial charge in [0.05, 0.1) is 19.8 Å². The van der Waals surface area contributed by atoms with E-state index in [1.807, 2.05) is 0 Å². The van der Waals surface area contributed by atoms with Gasteiger partial charge in [0, 0.05) is 5.56 Å². The van der Waals surface area contributed by atoms with Crippen molar-refractivity contribution in [1.29, 1.82) is 0 Å². The molecule has 1 rings (SSSR count). The number of carbonyl (C=O) groups excluding carboxylic acids is 2. The van der Waals surface area contributed by atoms with Crippen molar-refractivity contribution in [3.63, 3.8) is 0 Å². The Morgan fingerprint density at radius 1 is 1.14 bits per heavy atom. The number of aliphatic hydroxyl groups excluding tert-OH is 1. The molecule has 0 aliphatic heterocycles. The predicted octanol–water partition coefficient (Wildman–Crippen LogP) is 2.15. The molecule has 1 aromatic carbocycles. The zero-order valence-corrected chi connectivity index (χ0v) is 12.7. The largest absolute Gasteiger partial charge is 0.449 e. The summed E-state index contributed by atoms with van der Waals surface area (Å²) in [5, 5.41) is 8.78. The fourth-order valence-corrected chi connectivity index (χ4v) is 1.69. The van der Waals surface area contributed by atoms with Crippen LogP contribution in [0, 0.1) is 11.8 Å². The molecule has 0 fully saturated rings. The molecule has 0 saturated heterocycles. The van der Waals surface area contributed by atoms with Gasteiger partial charge in [-0.15, -0.1) is 0 Å². The first-order valence-electron chi connectivity index (χ1n) is 6.92. The van der Waals surface area contributed by atoms with Gasteiger partial charge in [-0.05, 0) is 25.5 Å². The third-order valence-corrected chi connectivity index (χ3v) is 2.62. The van der Waals surface area contributed by atoms with Gasteiger partial charge in [0.2, 0.25) is 0 Å². The number of nitrogens with zero attached hydrogens (tertiary/aromatic N) is 1. The van der Waals surface area contributed by atoms with Crippen molar-refractivity contribution in [2.45, 2.75) is 20.4 Å². The Bertz CT molecular complexity index is 555. The summed E-state index contributed by atoms with van der Waals surface area (Å²) in [6.45, 7) is 3.33. The maximum absolute atomic E-state index is 11.9. The second-order valence-electron chi connectivity index (χ2n) is 4.10. The summed E-state index contributed by atoms with van der Waals surface area (Å²) < 4.78 is 9.75. The van der Waals surface area contributed by atoms with Crippen LogP contribution >= 0.6 is 0 Å². The van der Waals surface area contributed by atoms with E-state index < -0.39 is 12.2 Å². The Morgan fingerprint density at radius 3 is 2.27 bits per heavy atom. The van der Waals surface area contributed by atoms with Crippen LogP contribution in [0.2, 0.25) is 0 Å². The van der Waals surface area contributed by atoms with Crippen LogP contribution in [-0.4, -0.2) is 42.0 Å². The second kappa shape index (κ2) is 9.42. The van der Waals surface area contributed by atoms with Crippen LogP contribution < -0.4 is 0 Å². The molecule has 2 amide bonds. The number of benzene rings is 1. The quantitative estimate of drug-likeness (QED) is 0.863. The molecule has 1 aromatic rings. The van der Waals surface area contributed by atoms with Gasteiger partial charge < -0.3 is 14.6 Å². The molecule has 0 unspecified atom stereocenters. The van der Waals surface area contributed by atoms with Crippen molar-refractivity contribution in [3.05, 3.63) is 35.4 Å². The Balaban J connectivity index is 3.03. The smallest absolute Gasteiger partial charge is 0.419 e. The lowest BCUT2D eigenvalue weighted by Crippen LogP contribution is -2.37. The number of rotatable bonds is 4. The Kier molecular flexibility index (Phi) is 7.51. The molecule has 0 aliphatic carbocycles. The molecule has 0 atom stereocenters. The van der Waals surface area contributed by atoms with E-state index in [0.29, 0.717) is 11.1 Å². The number of aliphatic hydroxyl groups is 1. The van der Waals surface area contributed by atoms with Crippen LogP contribution in [0.3, 0.4) is 0 Å². The Hall–Kier alpha value is -2.52. The van der Waals surface area contributed by atoms with Gasteiger partial charge in [0.1, 0.15) is 6.61 Å². The van der Waals surface area contributed by atoms with Gasteiger partial charge in [-0.1, -0.05) is 30.0 Å². The number of amides is 2. The second-order valence-corrected chi connectivity index (χ2v) is 4.10. The highest BCUT2D eigenvalue weighted by molar-refractivity contribution is 5.87. The number of hydrogen-bond donors (Lipinski definition) is 1. The molecule has 118 valence electrons. The third kappa shape index (κ3) is 5.11. The zero-order valence-electron chi connectivity index (χ0n) is 12.7. The Labute approximate surface area is 129 Å². The van der Waals surface area contributed by atoms with Gasteiger partial charge in [-0.25, -0.2) is 14.5 Å². The van der Waals surface area contributed by atoms with Gasteiger partial charge in [0.15, 0.2) is 0 Å². The van der Waals surface area contributed by atoms with Crippen molar-refractivity contribution in [2.24, 2.45) is 0 Å². The molecule has 0 spiro atoms. The molecule has 0 radical (unpaired) electrons. The first kappa shape index (κ1) is 17.5. The van der Waals surface area contributed by atoms with Crippen LogP contribution in [0.4, 0.5) is 9.59 Å². The van der Waals surface area contributed by atoms with Crippen LogP contribution in [0.5, 0.6) is 0 Å². The number of imide groups is 1. The van der Waals surface area contributed by atoms with Gasteiger partial charge in [0.25, 0.3) is 0 Å². The van der Waals surface area contributed by atoms with E-state index in [4.69, 9.17) is 14.6 Å². The summed E-state index contributed by atoms with van der Waals surface area (Å²) in [4.78, 5) is 24.7. The molecule has 22 heavy (non-hydrogen) atoms. The molecule has 0 aromatic heterocycles. The molecular weight excluding hydrogens is 286 g/mol. The summed E-state index contributed by atoms with van der Waals surface area (Å²) in [5.74, 6) is 5.32. The summed E-state index contributed by atoms with van der Waals surface area (Å²) in [7, 11) is 0. The minimum Gasteiger partial charge on any atom is -0.449 e. The molecule has 6 heteroatoms. The number of ether oxygens (including phenoxy) is 2. The molecular formula is C16H19NO5. The minimum atomic E-state index is -0.772. The molecule has 6 nitrogen and oxygen atoms in total. The van der Waals surface area contributed by atoms with Crippen molar-refractivity contribution >= 4 is 12.2 Å². The SMILES string of the molecule is CCOC(=O)N(Cc1ccccc1C#CCO)C(=O)OCC. The third-order valence-electron chi connectivity index (χ3n) is 2.62. The normalized spacial score (nSPS) is 9.41. The highest BCUT2D eigenvalue weighted by atomic mass is 16.6.